The molecule has 0 amide bonds. The topological polar surface area (TPSA) is 38.9 Å². The first-order valence-corrected chi connectivity index (χ1v) is 10.2. The lowest BCUT2D eigenvalue weighted by Gasteiger charge is -2.15. The van der Waals surface area contributed by atoms with Crippen molar-refractivity contribution in [3.63, 3.8) is 0 Å². The number of thioether (sulfide) groups is 1. The maximum Gasteiger partial charge on any atom is 0.277 e. The Labute approximate surface area is 168 Å². The molecular formula is C18H13BrCl2N2OS. The van der Waals surface area contributed by atoms with Crippen molar-refractivity contribution < 1.29 is 4.42 Å². The highest BCUT2D eigenvalue weighted by Crippen LogP contribution is 2.63. The van der Waals surface area contributed by atoms with Crippen molar-refractivity contribution in [1.82, 2.24) is 10.2 Å². The summed E-state index contributed by atoms with van der Waals surface area (Å²) in [5, 5.41) is 8.96. The summed E-state index contributed by atoms with van der Waals surface area (Å²) >= 11 is 17.7. The third-order valence-electron chi connectivity index (χ3n) is 4.11. The van der Waals surface area contributed by atoms with E-state index in [1.807, 2.05) is 42.5 Å². The van der Waals surface area contributed by atoms with Crippen LogP contribution in [0.2, 0.25) is 0 Å². The summed E-state index contributed by atoms with van der Waals surface area (Å²) in [7, 11) is 0. The molecule has 1 fully saturated rings. The summed E-state index contributed by atoms with van der Waals surface area (Å²) in [6.07, 6.45) is 0.758. The molecule has 1 heterocycles. The van der Waals surface area contributed by atoms with E-state index in [1.165, 1.54) is 11.8 Å². The zero-order valence-corrected chi connectivity index (χ0v) is 16.8. The number of aromatic nitrogens is 2. The van der Waals surface area contributed by atoms with E-state index in [9.17, 15) is 0 Å². The molecule has 0 radical (unpaired) electrons. The van der Waals surface area contributed by atoms with Crippen LogP contribution in [0, 0.1) is 5.92 Å². The van der Waals surface area contributed by atoms with E-state index in [-0.39, 0.29) is 11.2 Å². The number of alkyl halides is 2. The van der Waals surface area contributed by atoms with Crippen LogP contribution in [0.1, 0.15) is 17.2 Å². The molecule has 0 aliphatic heterocycles. The molecule has 3 nitrogen and oxygen atoms in total. The number of hydrogen-bond acceptors (Lipinski definition) is 4. The van der Waals surface area contributed by atoms with Crippen molar-refractivity contribution in [2.45, 2.75) is 21.2 Å². The predicted molar refractivity (Wildman–Crippen MR) is 105 cm³/mol. The molecule has 2 aromatic carbocycles. The van der Waals surface area contributed by atoms with Crippen molar-refractivity contribution in [2.75, 3.05) is 0 Å². The van der Waals surface area contributed by atoms with E-state index in [0.29, 0.717) is 11.1 Å². The minimum absolute atomic E-state index is 0.0729. The Morgan fingerprint density at radius 1 is 1.08 bits per heavy atom. The lowest BCUT2D eigenvalue weighted by molar-refractivity contribution is 0.464. The van der Waals surface area contributed by atoms with Crippen LogP contribution in [-0.4, -0.2) is 14.5 Å². The molecule has 0 spiro atoms. The number of nitrogens with zero attached hydrogens (tertiary/aromatic N) is 2. The Morgan fingerprint density at radius 3 is 2.44 bits per heavy atom. The van der Waals surface area contributed by atoms with Gasteiger partial charge in [0.15, 0.2) is 0 Å². The summed E-state index contributed by atoms with van der Waals surface area (Å²) in [4.78, 5) is 0. The van der Waals surface area contributed by atoms with Gasteiger partial charge in [0, 0.05) is 15.6 Å². The van der Waals surface area contributed by atoms with Crippen LogP contribution in [-0.2, 0) is 0 Å². The van der Waals surface area contributed by atoms with Gasteiger partial charge in [0.2, 0.25) is 5.89 Å². The highest BCUT2D eigenvalue weighted by atomic mass is 79.9. The zero-order valence-electron chi connectivity index (χ0n) is 12.9. The van der Waals surface area contributed by atoms with Gasteiger partial charge in [0.05, 0.1) is 5.56 Å². The lowest BCUT2D eigenvalue weighted by Crippen LogP contribution is -2.02. The summed E-state index contributed by atoms with van der Waals surface area (Å²) in [5.74, 6) is 0.641. The van der Waals surface area contributed by atoms with Crippen LogP contribution in [0.5, 0.6) is 0 Å². The number of hydrogen-bond donors (Lipinski definition) is 0. The molecule has 4 rings (SSSR count). The molecule has 7 heteroatoms. The summed E-state index contributed by atoms with van der Waals surface area (Å²) in [6.45, 7) is 0. The SMILES string of the molecule is ClC1(Cl)CC1C(Sc1nnc(-c2ccccc2Br)o1)c1ccccc1. The van der Waals surface area contributed by atoms with Crippen LogP contribution >= 0.6 is 50.9 Å². The first-order valence-electron chi connectivity index (χ1n) is 7.72. The van der Waals surface area contributed by atoms with Gasteiger partial charge in [0.25, 0.3) is 5.22 Å². The maximum atomic E-state index is 6.32. The second kappa shape index (κ2) is 6.95. The van der Waals surface area contributed by atoms with Crippen molar-refractivity contribution >= 4 is 50.9 Å². The van der Waals surface area contributed by atoms with Crippen LogP contribution in [0.15, 0.2) is 68.7 Å². The first kappa shape index (κ1) is 17.4. The molecule has 3 aromatic rings. The molecule has 1 aliphatic rings. The van der Waals surface area contributed by atoms with E-state index < -0.39 is 4.33 Å². The molecule has 0 N–H and O–H groups in total. The molecule has 0 saturated heterocycles. The van der Waals surface area contributed by atoms with Crippen molar-refractivity contribution in [1.29, 1.82) is 0 Å². The van der Waals surface area contributed by atoms with Crippen molar-refractivity contribution in [3.05, 3.63) is 64.6 Å². The minimum Gasteiger partial charge on any atom is -0.411 e. The van der Waals surface area contributed by atoms with E-state index in [2.05, 4.69) is 38.3 Å². The fraction of sp³-hybridized carbons (Fsp3) is 0.222. The maximum absolute atomic E-state index is 6.32. The molecule has 25 heavy (non-hydrogen) atoms. The summed E-state index contributed by atoms with van der Waals surface area (Å²) < 4.78 is 6.11. The smallest absolute Gasteiger partial charge is 0.277 e. The number of rotatable bonds is 5. The molecule has 2 unspecified atom stereocenters. The van der Waals surface area contributed by atoms with Crippen LogP contribution in [0.3, 0.4) is 0 Å². The average Bonchev–Trinajstić information content (AvgIpc) is 3.03. The fourth-order valence-electron chi connectivity index (χ4n) is 2.70. The molecular weight excluding hydrogens is 443 g/mol. The second-order valence-electron chi connectivity index (χ2n) is 5.87. The highest BCUT2D eigenvalue weighted by molar-refractivity contribution is 9.10. The Balaban J connectivity index is 1.60. The summed E-state index contributed by atoms with van der Waals surface area (Å²) in [5.41, 5.74) is 2.02. The number of benzene rings is 2. The van der Waals surface area contributed by atoms with Crippen LogP contribution in [0.25, 0.3) is 11.5 Å². The normalized spacial score (nSPS) is 19.6. The second-order valence-corrected chi connectivity index (χ2v) is 9.36. The van der Waals surface area contributed by atoms with Gasteiger partial charge in [-0.15, -0.1) is 33.4 Å². The molecule has 128 valence electrons. The standard InChI is InChI=1S/C18H13BrCl2N2OS/c19-14-9-5-4-8-12(14)16-22-23-17(24-16)25-15(13-10-18(13,20)21)11-6-2-1-3-7-11/h1-9,13,15H,10H2. The van der Waals surface area contributed by atoms with Gasteiger partial charge in [-0.1, -0.05) is 54.2 Å². The van der Waals surface area contributed by atoms with Crippen LogP contribution in [0.4, 0.5) is 0 Å². The van der Waals surface area contributed by atoms with Gasteiger partial charge in [-0.2, -0.15) is 0 Å². The predicted octanol–water partition coefficient (Wildman–Crippen LogP) is 6.53. The number of halogens is 3. The van der Waals surface area contributed by atoms with Gasteiger partial charge in [-0.25, -0.2) is 0 Å². The first-order chi connectivity index (χ1) is 12.0. The summed E-state index contributed by atoms with van der Waals surface area (Å²) in [6, 6.07) is 17.9. The Kier molecular flexibility index (Phi) is 4.84. The Morgan fingerprint density at radius 2 is 1.76 bits per heavy atom. The van der Waals surface area contributed by atoms with Crippen molar-refractivity contribution in [2.24, 2.45) is 5.92 Å². The Bertz CT molecular complexity index is 888. The Hall–Kier alpha value is -1.01. The quantitative estimate of drug-likeness (QED) is 0.324. The largest absolute Gasteiger partial charge is 0.411 e. The molecule has 0 bridgehead atoms. The van der Waals surface area contributed by atoms with Gasteiger partial charge in [-0.3, -0.25) is 0 Å². The molecule has 1 saturated carbocycles. The van der Waals surface area contributed by atoms with E-state index in [4.69, 9.17) is 27.6 Å². The third-order valence-corrected chi connectivity index (χ3v) is 6.89. The molecule has 2 atom stereocenters. The lowest BCUT2D eigenvalue weighted by atomic mass is 10.1. The zero-order chi connectivity index (χ0) is 17.4. The van der Waals surface area contributed by atoms with E-state index >= 15 is 0 Å². The van der Waals surface area contributed by atoms with E-state index in [0.717, 1.165) is 22.0 Å². The highest BCUT2D eigenvalue weighted by Gasteiger charge is 2.56. The minimum atomic E-state index is -0.682. The van der Waals surface area contributed by atoms with Gasteiger partial charge >= 0.3 is 0 Å². The molecule has 1 aliphatic carbocycles. The monoisotopic (exact) mass is 454 g/mol. The van der Waals surface area contributed by atoms with Gasteiger partial charge in [0.1, 0.15) is 4.33 Å². The molecule has 1 aromatic heterocycles. The van der Waals surface area contributed by atoms with Gasteiger partial charge in [-0.05, 0) is 40.0 Å². The fourth-order valence-corrected chi connectivity index (χ4v) is 5.10. The third kappa shape index (κ3) is 3.75. The van der Waals surface area contributed by atoms with Crippen LogP contribution < -0.4 is 0 Å². The van der Waals surface area contributed by atoms with Gasteiger partial charge < -0.3 is 4.42 Å². The van der Waals surface area contributed by atoms with Crippen molar-refractivity contribution in [3.8, 4) is 11.5 Å². The van der Waals surface area contributed by atoms with E-state index in [1.54, 1.807) is 0 Å². The average molecular weight is 456 g/mol.